The Hall–Kier alpha value is -0.410. The molecule has 3 heteroatoms. The topological polar surface area (TPSA) is 29.5 Å². The number of ketones is 1. The fourth-order valence-electron chi connectivity index (χ4n) is 1.78. The Balaban J connectivity index is 0. The number of likely N-dealkylation sites (tertiary alicyclic amines) is 1. The zero-order chi connectivity index (χ0) is 13.1. The molecule has 16 heavy (non-hydrogen) atoms. The highest BCUT2D eigenvalue weighted by atomic mass is 16.5. The molecule has 0 saturated carbocycles. The van der Waals surface area contributed by atoms with Crippen LogP contribution in [0.5, 0.6) is 0 Å². The Labute approximate surface area is 101 Å². The van der Waals surface area contributed by atoms with Crippen molar-refractivity contribution in [1.82, 2.24) is 4.90 Å². The summed E-state index contributed by atoms with van der Waals surface area (Å²) in [5.41, 5.74) is 0. The monoisotopic (exact) mass is 231 g/mol. The Morgan fingerprint density at radius 3 is 2.12 bits per heavy atom. The lowest BCUT2D eigenvalue weighted by atomic mass is 10.1. The molecule has 0 aliphatic carbocycles. The van der Waals surface area contributed by atoms with Gasteiger partial charge in [-0.2, -0.15) is 0 Å². The third-order valence-corrected chi connectivity index (χ3v) is 2.38. The third-order valence-electron chi connectivity index (χ3n) is 2.38. The summed E-state index contributed by atoms with van der Waals surface area (Å²) < 4.78 is 5.46. The second kappa shape index (κ2) is 11.1. The van der Waals surface area contributed by atoms with Crippen LogP contribution in [0.3, 0.4) is 0 Å². The van der Waals surface area contributed by atoms with E-state index in [0.717, 1.165) is 19.6 Å². The highest BCUT2D eigenvalue weighted by Gasteiger charge is 2.32. The van der Waals surface area contributed by atoms with E-state index in [1.54, 1.807) is 6.92 Å². The molecule has 0 N–H and O–H groups in total. The first-order valence-corrected chi connectivity index (χ1v) is 6.47. The number of nitrogens with zero attached hydrogens (tertiary/aromatic N) is 1. The maximum Gasteiger partial charge on any atom is 0.146 e. The van der Waals surface area contributed by atoms with Gasteiger partial charge in [0, 0.05) is 13.2 Å². The molecule has 2 unspecified atom stereocenters. The van der Waals surface area contributed by atoms with Gasteiger partial charge in [0.1, 0.15) is 5.78 Å². The second-order valence-electron chi connectivity index (χ2n) is 3.38. The number of hydrogen-bond donors (Lipinski definition) is 0. The van der Waals surface area contributed by atoms with Crippen LogP contribution in [0.15, 0.2) is 0 Å². The molecule has 3 nitrogen and oxygen atoms in total. The molecule has 1 fully saturated rings. The largest absolute Gasteiger partial charge is 0.377 e. The van der Waals surface area contributed by atoms with Gasteiger partial charge in [-0.3, -0.25) is 9.69 Å². The van der Waals surface area contributed by atoms with E-state index in [2.05, 4.69) is 4.90 Å². The summed E-state index contributed by atoms with van der Waals surface area (Å²) in [7, 11) is 1.98. The summed E-state index contributed by atoms with van der Waals surface area (Å²) in [6.07, 6.45) is 1.12. The molecule has 0 aromatic carbocycles. The van der Waals surface area contributed by atoms with Gasteiger partial charge in [0.25, 0.3) is 0 Å². The van der Waals surface area contributed by atoms with Gasteiger partial charge < -0.3 is 4.74 Å². The summed E-state index contributed by atoms with van der Waals surface area (Å²) in [6, 6.07) is 0.0848. The molecular weight excluding hydrogens is 202 g/mol. The average Bonchev–Trinajstić information content (AvgIpc) is 2.66. The van der Waals surface area contributed by atoms with Crippen molar-refractivity contribution in [2.45, 2.75) is 60.1 Å². The summed E-state index contributed by atoms with van der Waals surface area (Å²) in [6.45, 7) is 13.3. The van der Waals surface area contributed by atoms with E-state index in [-0.39, 0.29) is 17.9 Å². The zero-order valence-electron chi connectivity index (χ0n) is 12.0. The predicted octanol–water partition coefficient (Wildman–Crippen LogP) is 2.74. The van der Waals surface area contributed by atoms with Crippen molar-refractivity contribution in [2.24, 2.45) is 0 Å². The van der Waals surface area contributed by atoms with E-state index in [0.29, 0.717) is 0 Å². The van der Waals surface area contributed by atoms with Crippen LogP contribution in [-0.2, 0) is 9.53 Å². The molecule has 0 aromatic heterocycles. The first kappa shape index (κ1) is 18.0. The number of carbonyl (C=O) groups excluding carboxylic acids is 1. The van der Waals surface area contributed by atoms with Crippen LogP contribution in [0.25, 0.3) is 0 Å². The van der Waals surface area contributed by atoms with Crippen molar-refractivity contribution in [2.75, 3.05) is 20.2 Å². The summed E-state index contributed by atoms with van der Waals surface area (Å²) in [5, 5.41) is 0. The molecule has 1 heterocycles. The molecular formula is C13H29NO2. The van der Waals surface area contributed by atoms with Gasteiger partial charge in [0.15, 0.2) is 0 Å². The van der Waals surface area contributed by atoms with E-state index >= 15 is 0 Å². The van der Waals surface area contributed by atoms with Gasteiger partial charge in [-0.15, -0.1) is 0 Å². The van der Waals surface area contributed by atoms with Gasteiger partial charge in [-0.05, 0) is 27.3 Å². The molecule has 98 valence electrons. The number of ether oxygens (including phenoxy) is 1. The van der Waals surface area contributed by atoms with Gasteiger partial charge in [-0.1, -0.05) is 27.7 Å². The molecule has 0 bridgehead atoms. The highest BCUT2D eigenvalue weighted by molar-refractivity contribution is 5.81. The predicted molar refractivity (Wildman–Crippen MR) is 69.8 cm³/mol. The van der Waals surface area contributed by atoms with Crippen LogP contribution < -0.4 is 0 Å². The van der Waals surface area contributed by atoms with Crippen molar-refractivity contribution in [3.05, 3.63) is 0 Å². The SMILES string of the molecule is CC.CC.CCOC1CC(C(C)=O)N(C)C1. The van der Waals surface area contributed by atoms with Gasteiger partial charge in [0.05, 0.1) is 12.1 Å². The number of rotatable bonds is 3. The van der Waals surface area contributed by atoms with Crippen LogP contribution in [-0.4, -0.2) is 43.0 Å². The molecule has 1 saturated heterocycles. The van der Waals surface area contributed by atoms with Gasteiger partial charge in [-0.25, -0.2) is 0 Å². The Bertz CT molecular complexity index is 171. The average molecular weight is 231 g/mol. The smallest absolute Gasteiger partial charge is 0.146 e. The quantitative estimate of drug-likeness (QED) is 0.748. The van der Waals surface area contributed by atoms with E-state index in [4.69, 9.17) is 4.74 Å². The Kier molecular flexibility index (Phi) is 12.5. The molecule has 0 spiro atoms. The maximum absolute atomic E-state index is 11.1. The Morgan fingerprint density at radius 1 is 1.31 bits per heavy atom. The van der Waals surface area contributed by atoms with Crippen LogP contribution in [0.1, 0.15) is 48.0 Å². The fraction of sp³-hybridized carbons (Fsp3) is 0.923. The molecule has 0 amide bonds. The lowest BCUT2D eigenvalue weighted by Crippen LogP contribution is -2.30. The minimum absolute atomic E-state index is 0.0848. The maximum atomic E-state index is 11.1. The number of likely N-dealkylation sites (N-methyl/N-ethyl adjacent to an activating group) is 1. The zero-order valence-corrected chi connectivity index (χ0v) is 12.0. The minimum atomic E-state index is 0.0848. The third kappa shape index (κ3) is 6.23. The number of hydrogen-bond acceptors (Lipinski definition) is 3. The first-order chi connectivity index (χ1) is 7.65. The van der Waals surface area contributed by atoms with Gasteiger partial charge >= 0.3 is 0 Å². The van der Waals surface area contributed by atoms with Crippen molar-refractivity contribution in [3.63, 3.8) is 0 Å². The summed E-state index contributed by atoms with van der Waals surface area (Å²) in [5.74, 6) is 0.250. The van der Waals surface area contributed by atoms with E-state index in [1.165, 1.54) is 0 Å². The fourth-order valence-corrected chi connectivity index (χ4v) is 1.78. The van der Waals surface area contributed by atoms with Crippen molar-refractivity contribution in [3.8, 4) is 0 Å². The van der Waals surface area contributed by atoms with Crippen LogP contribution in [0.2, 0.25) is 0 Å². The molecule has 1 aliphatic rings. The second-order valence-corrected chi connectivity index (χ2v) is 3.38. The Morgan fingerprint density at radius 2 is 1.81 bits per heavy atom. The summed E-state index contributed by atoms with van der Waals surface area (Å²) in [4.78, 5) is 13.2. The van der Waals surface area contributed by atoms with E-state index in [1.807, 2.05) is 41.7 Å². The molecule has 1 aliphatic heterocycles. The molecule has 1 rings (SSSR count). The van der Waals surface area contributed by atoms with Crippen molar-refractivity contribution >= 4 is 5.78 Å². The van der Waals surface area contributed by atoms with Crippen LogP contribution in [0.4, 0.5) is 0 Å². The standard InChI is InChI=1S/C9H17NO2.2C2H6/c1-4-12-8-5-9(7(2)11)10(3)6-8;2*1-2/h8-9H,4-6H2,1-3H3;2*1-2H3. The van der Waals surface area contributed by atoms with E-state index in [9.17, 15) is 4.79 Å². The lowest BCUT2D eigenvalue weighted by molar-refractivity contribution is -0.120. The minimum Gasteiger partial charge on any atom is -0.377 e. The van der Waals surface area contributed by atoms with E-state index < -0.39 is 0 Å². The summed E-state index contributed by atoms with van der Waals surface area (Å²) >= 11 is 0. The molecule has 0 radical (unpaired) electrons. The normalized spacial score (nSPS) is 23.9. The van der Waals surface area contributed by atoms with Gasteiger partial charge in [0.2, 0.25) is 0 Å². The highest BCUT2D eigenvalue weighted by Crippen LogP contribution is 2.18. The molecule has 0 aromatic rings. The first-order valence-electron chi connectivity index (χ1n) is 6.47. The number of Topliss-reactive ketones (excluding diaryl/α,β-unsaturated/α-hetero) is 1. The van der Waals surface area contributed by atoms with Crippen molar-refractivity contribution in [1.29, 1.82) is 0 Å². The van der Waals surface area contributed by atoms with Crippen molar-refractivity contribution < 1.29 is 9.53 Å². The van der Waals surface area contributed by atoms with Crippen LogP contribution in [0, 0.1) is 0 Å². The lowest BCUT2D eigenvalue weighted by Gasteiger charge is -2.14. The molecule has 2 atom stereocenters. The number of carbonyl (C=O) groups is 1. The van der Waals surface area contributed by atoms with Crippen LogP contribution >= 0.6 is 0 Å².